The summed E-state index contributed by atoms with van der Waals surface area (Å²) in [6.07, 6.45) is 0.831. The molecule has 0 aliphatic carbocycles. The van der Waals surface area contributed by atoms with Gasteiger partial charge in [0.05, 0.1) is 6.61 Å². The van der Waals surface area contributed by atoms with E-state index in [0.717, 1.165) is 28.9 Å². The highest BCUT2D eigenvalue weighted by Gasteiger charge is 2.12. The highest BCUT2D eigenvalue weighted by molar-refractivity contribution is 5.52. The number of aromatic hydroxyl groups is 1. The van der Waals surface area contributed by atoms with Gasteiger partial charge in [-0.05, 0) is 43.4 Å². The van der Waals surface area contributed by atoms with Crippen molar-refractivity contribution in [2.75, 3.05) is 6.61 Å². The molecule has 0 unspecified atom stereocenters. The maximum absolute atomic E-state index is 9.92. The van der Waals surface area contributed by atoms with E-state index in [1.54, 1.807) is 0 Å². The summed E-state index contributed by atoms with van der Waals surface area (Å²) >= 11 is 0. The predicted octanol–water partition coefficient (Wildman–Crippen LogP) is 3.61. The molecule has 0 aliphatic heterocycles. The van der Waals surface area contributed by atoms with Crippen molar-refractivity contribution in [2.45, 2.75) is 41.0 Å². The molecule has 0 atom stereocenters. The van der Waals surface area contributed by atoms with Crippen LogP contribution in [0.1, 0.15) is 37.5 Å². The Morgan fingerprint density at radius 1 is 1.31 bits per heavy atom. The number of hydrogen-bond donors (Lipinski definition) is 1. The Labute approximate surface area is 98.3 Å². The first-order valence-electron chi connectivity index (χ1n) is 5.92. The van der Waals surface area contributed by atoms with Gasteiger partial charge >= 0.3 is 0 Å². The molecule has 0 aromatic heterocycles. The summed E-state index contributed by atoms with van der Waals surface area (Å²) in [6, 6.07) is 1.92. The van der Waals surface area contributed by atoms with Gasteiger partial charge in [-0.25, -0.2) is 0 Å². The average Bonchev–Trinajstić information content (AvgIpc) is 2.22. The zero-order valence-electron chi connectivity index (χ0n) is 10.9. The smallest absolute Gasteiger partial charge is 0.123 e. The Bertz CT molecular complexity index is 367. The van der Waals surface area contributed by atoms with E-state index in [1.165, 1.54) is 0 Å². The van der Waals surface area contributed by atoms with Gasteiger partial charge in [-0.3, -0.25) is 0 Å². The molecule has 1 rings (SSSR count). The fourth-order valence-corrected chi connectivity index (χ4v) is 1.78. The van der Waals surface area contributed by atoms with Crippen LogP contribution in [0, 0.1) is 19.8 Å². The molecular weight excluding hydrogens is 200 g/mol. The lowest BCUT2D eigenvalue weighted by atomic mass is 10.0. The van der Waals surface area contributed by atoms with Crippen LogP contribution in [0.4, 0.5) is 0 Å². The van der Waals surface area contributed by atoms with E-state index in [-0.39, 0.29) is 0 Å². The van der Waals surface area contributed by atoms with Crippen molar-refractivity contribution in [3.05, 3.63) is 22.8 Å². The molecule has 0 radical (unpaired) electrons. The molecule has 2 heteroatoms. The van der Waals surface area contributed by atoms with E-state index < -0.39 is 0 Å². The Morgan fingerprint density at radius 3 is 2.44 bits per heavy atom. The molecule has 1 aromatic carbocycles. The molecule has 90 valence electrons. The lowest BCUT2D eigenvalue weighted by molar-refractivity contribution is 0.268. The Kier molecular flexibility index (Phi) is 4.22. The fourth-order valence-electron chi connectivity index (χ4n) is 1.78. The average molecular weight is 222 g/mol. The minimum Gasteiger partial charge on any atom is -0.507 e. The van der Waals surface area contributed by atoms with Crippen LogP contribution in [0.2, 0.25) is 0 Å². The van der Waals surface area contributed by atoms with Gasteiger partial charge in [0.15, 0.2) is 0 Å². The summed E-state index contributed by atoms with van der Waals surface area (Å²) in [4.78, 5) is 0. The van der Waals surface area contributed by atoms with Crippen molar-refractivity contribution in [3.8, 4) is 11.5 Å². The second kappa shape index (κ2) is 5.24. The minimum atomic E-state index is 0.414. The first kappa shape index (κ1) is 12.9. The third-order valence-corrected chi connectivity index (χ3v) is 2.75. The topological polar surface area (TPSA) is 29.5 Å². The second-order valence-electron chi connectivity index (χ2n) is 4.70. The largest absolute Gasteiger partial charge is 0.507 e. The number of rotatable bonds is 4. The first-order chi connectivity index (χ1) is 7.47. The van der Waals surface area contributed by atoms with Gasteiger partial charge < -0.3 is 9.84 Å². The summed E-state index contributed by atoms with van der Waals surface area (Å²) in [5.41, 5.74) is 2.95. The molecule has 0 aliphatic rings. The van der Waals surface area contributed by atoms with E-state index in [9.17, 15) is 5.11 Å². The van der Waals surface area contributed by atoms with Gasteiger partial charge in [0, 0.05) is 5.56 Å². The van der Waals surface area contributed by atoms with E-state index in [4.69, 9.17) is 4.74 Å². The number of ether oxygens (including phenoxy) is 1. The van der Waals surface area contributed by atoms with E-state index >= 15 is 0 Å². The number of aryl methyl sites for hydroxylation is 1. The van der Waals surface area contributed by atoms with E-state index in [2.05, 4.69) is 13.8 Å². The van der Waals surface area contributed by atoms with Crippen molar-refractivity contribution in [1.82, 2.24) is 0 Å². The summed E-state index contributed by atoms with van der Waals surface area (Å²) < 4.78 is 5.77. The maximum atomic E-state index is 9.92. The normalized spacial score (nSPS) is 10.9. The molecule has 0 amide bonds. The third-order valence-electron chi connectivity index (χ3n) is 2.75. The van der Waals surface area contributed by atoms with Crippen molar-refractivity contribution < 1.29 is 9.84 Å². The molecule has 1 aromatic rings. The lowest BCUT2D eigenvalue weighted by Gasteiger charge is -2.16. The van der Waals surface area contributed by atoms with Gasteiger partial charge in [-0.1, -0.05) is 20.8 Å². The van der Waals surface area contributed by atoms with E-state index in [1.807, 2.05) is 26.8 Å². The molecule has 0 fully saturated rings. The van der Waals surface area contributed by atoms with Gasteiger partial charge in [-0.15, -0.1) is 0 Å². The molecule has 1 N–H and O–H groups in total. The zero-order valence-corrected chi connectivity index (χ0v) is 10.9. The van der Waals surface area contributed by atoms with Crippen LogP contribution in [-0.4, -0.2) is 11.7 Å². The Morgan fingerprint density at radius 2 is 1.94 bits per heavy atom. The fraction of sp³-hybridized carbons (Fsp3) is 0.571. The van der Waals surface area contributed by atoms with E-state index in [0.29, 0.717) is 18.3 Å². The molecule has 0 spiro atoms. The number of phenols is 1. The molecule has 0 saturated heterocycles. The monoisotopic (exact) mass is 222 g/mol. The van der Waals surface area contributed by atoms with Crippen LogP contribution in [0.5, 0.6) is 11.5 Å². The molecule has 0 bridgehead atoms. The van der Waals surface area contributed by atoms with Gasteiger partial charge in [-0.2, -0.15) is 0 Å². The summed E-state index contributed by atoms with van der Waals surface area (Å²) in [7, 11) is 0. The standard InChI is InChI=1S/C14H22O2/c1-6-12-11(5)13(16-8-9(2)3)7-10(4)14(12)15/h7,9,15H,6,8H2,1-5H3. The molecule has 0 heterocycles. The lowest BCUT2D eigenvalue weighted by Crippen LogP contribution is -2.06. The third kappa shape index (κ3) is 2.69. The molecule has 16 heavy (non-hydrogen) atoms. The Hall–Kier alpha value is -1.18. The molecule has 0 saturated carbocycles. The second-order valence-corrected chi connectivity index (χ2v) is 4.70. The Balaban J connectivity index is 3.06. The minimum absolute atomic E-state index is 0.414. The van der Waals surface area contributed by atoms with Gasteiger partial charge in [0.25, 0.3) is 0 Å². The van der Waals surface area contributed by atoms with Gasteiger partial charge in [0.2, 0.25) is 0 Å². The summed E-state index contributed by atoms with van der Waals surface area (Å²) in [5, 5.41) is 9.92. The summed E-state index contributed by atoms with van der Waals surface area (Å²) in [6.45, 7) is 10.9. The SMILES string of the molecule is CCc1c(C)c(OCC(C)C)cc(C)c1O. The quantitative estimate of drug-likeness (QED) is 0.843. The number of hydrogen-bond acceptors (Lipinski definition) is 2. The molecule has 2 nitrogen and oxygen atoms in total. The first-order valence-corrected chi connectivity index (χ1v) is 5.92. The van der Waals surface area contributed by atoms with Gasteiger partial charge in [0.1, 0.15) is 11.5 Å². The van der Waals surface area contributed by atoms with Crippen molar-refractivity contribution in [3.63, 3.8) is 0 Å². The van der Waals surface area contributed by atoms with Crippen molar-refractivity contribution in [2.24, 2.45) is 5.92 Å². The highest BCUT2D eigenvalue weighted by atomic mass is 16.5. The summed E-state index contributed by atoms with van der Waals surface area (Å²) in [5.74, 6) is 1.83. The van der Waals surface area contributed by atoms with Crippen LogP contribution < -0.4 is 4.74 Å². The molecular formula is C14H22O2. The van der Waals surface area contributed by atoms with Crippen LogP contribution in [0.15, 0.2) is 6.07 Å². The number of benzene rings is 1. The van der Waals surface area contributed by atoms with Crippen molar-refractivity contribution in [1.29, 1.82) is 0 Å². The van der Waals surface area contributed by atoms with Crippen LogP contribution >= 0.6 is 0 Å². The zero-order chi connectivity index (χ0) is 12.3. The van der Waals surface area contributed by atoms with Crippen LogP contribution in [0.25, 0.3) is 0 Å². The van der Waals surface area contributed by atoms with Crippen LogP contribution in [-0.2, 0) is 6.42 Å². The number of phenolic OH excluding ortho intramolecular Hbond substituents is 1. The predicted molar refractivity (Wildman–Crippen MR) is 67.3 cm³/mol. The van der Waals surface area contributed by atoms with Crippen LogP contribution in [0.3, 0.4) is 0 Å². The van der Waals surface area contributed by atoms with Crippen molar-refractivity contribution >= 4 is 0 Å². The maximum Gasteiger partial charge on any atom is 0.123 e. The highest BCUT2D eigenvalue weighted by Crippen LogP contribution is 2.33.